The molecule has 3 heteroatoms. The number of rotatable bonds is 2. The summed E-state index contributed by atoms with van der Waals surface area (Å²) in [5, 5.41) is 9.12. The number of aryl methyl sites for hydroxylation is 1. The number of benzene rings is 1. The van der Waals surface area contributed by atoms with E-state index in [0.717, 1.165) is 23.6 Å². The highest BCUT2D eigenvalue weighted by atomic mass is 15.2. The van der Waals surface area contributed by atoms with Crippen molar-refractivity contribution in [1.29, 1.82) is 0 Å². The van der Waals surface area contributed by atoms with Crippen LogP contribution in [0.1, 0.15) is 49.9 Å². The first-order chi connectivity index (χ1) is 10.7. The number of hydrogen-bond acceptors (Lipinski definition) is 2. The van der Waals surface area contributed by atoms with Crippen LogP contribution in [0.3, 0.4) is 0 Å². The summed E-state index contributed by atoms with van der Waals surface area (Å²) in [7, 11) is 0. The molecular weight excluding hydrogens is 270 g/mol. The molecule has 2 aromatic rings. The van der Waals surface area contributed by atoms with E-state index >= 15 is 0 Å². The molecule has 4 aliphatic rings. The van der Waals surface area contributed by atoms with Gasteiger partial charge in [0.05, 0.1) is 0 Å². The Bertz CT molecular complexity index is 680. The van der Waals surface area contributed by atoms with Crippen molar-refractivity contribution in [2.45, 2.75) is 50.9 Å². The number of nitrogens with zero attached hydrogens (tertiary/aromatic N) is 2. The van der Waals surface area contributed by atoms with Gasteiger partial charge in [0, 0.05) is 11.0 Å². The smallest absolute Gasteiger partial charge is 0.161 e. The summed E-state index contributed by atoms with van der Waals surface area (Å²) in [5.74, 6) is 4.95. The Hall–Kier alpha value is -1.64. The lowest BCUT2D eigenvalue weighted by Gasteiger charge is -2.55. The fourth-order valence-electron chi connectivity index (χ4n) is 5.86. The number of aromatic nitrogens is 3. The monoisotopic (exact) mass is 293 g/mol. The van der Waals surface area contributed by atoms with Gasteiger partial charge in [-0.1, -0.05) is 24.3 Å². The standard InChI is InChI=1S/C19H23N3/c1-12-4-2-3-5-16(12)17-20-18(22-21-17)19-9-13-6-14(10-19)8-15(7-13)11-19/h2-5,13-15H,6-11H2,1H3,(H,20,21,22). The summed E-state index contributed by atoms with van der Waals surface area (Å²) in [6, 6.07) is 8.44. The Kier molecular flexibility index (Phi) is 2.59. The molecule has 0 atom stereocenters. The van der Waals surface area contributed by atoms with Crippen molar-refractivity contribution in [2.24, 2.45) is 17.8 Å². The predicted octanol–water partition coefficient (Wildman–Crippen LogP) is 4.25. The molecule has 0 radical (unpaired) electrons. The Morgan fingerprint density at radius 2 is 1.59 bits per heavy atom. The van der Waals surface area contributed by atoms with E-state index in [9.17, 15) is 0 Å². The number of nitrogens with one attached hydrogen (secondary N) is 1. The topological polar surface area (TPSA) is 41.6 Å². The van der Waals surface area contributed by atoms with Gasteiger partial charge in [-0.25, -0.2) is 0 Å². The van der Waals surface area contributed by atoms with Gasteiger partial charge in [-0.2, -0.15) is 0 Å². The summed E-state index contributed by atoms with van der Waals surface area (Å²) < 4.78 is 0. The highest BCUT2D eigenvalue weighted by Gasteiger charge is 2.53. The van der Waals surface area contributed by atoms with E-state index < -0.39 is 0 Å². The van der Waals surface area contributed by atoms with Gasteiger partial charge in [0.1, 0.15) is 5.82 Å². The quantitative estimate of drug-likeness (QED) is 0.899. The Morgan fingerprint density at radius 3 is 2.23 bits per heavy atom. The zero-order chi connectivity index (χ0) is 14.7. The predicted molar refractivity (Wildman–Crippen MR) is 86.4 cm³/mol. The molecule has 0 saturated heterocycles. The van der Waals surface area contributed by atoms with Crippen LogP contribution in [-0.2, 0) is 5.41 Å². The zero-order valence-corrected chi connectivity index (χ0v) is 13.2. The molecule has 4 aliphatic carbocycles. The molecule has 6 rings (SSSR count). The molecule has 1 heterocycles. The minimum absolute atomic E-state index is 0.308. The Labute approximate surface area is 131 Å². The van der Waals surface area contributed by atoms with Crippen molar-refractivity contribution in [1.82, 2.24) is 15.2 Å². The molecular formula is C19H23N3. The first-order valence-corrected chi connectivity index (χ1v) is 8.71. The van der Waals surface area contributed by atoms with Gasteiger partial charge in [-0.3, -0.25) is 0 Å². The molecule has 22 heavy (non-hydrogen) atoms. The summed E-state index contributed by atoms with van der Waals surface area (Å²) >= 11 is 0. The van der Waals surface area contributed by atoms with Crippen LogP contribution in [0, 0.1) is 24.7 Å². The molecule has 4 bridgehead atoms. The van der Waals surface area contributed by atoms with E-state index in [4.69, 9.17) is 0 Å². The average molecular weight is 293 g/mol. The van der Waals surface area contributed by atoms with E-state index in [2.05, 4.69) is 46.4 Å². The molecule has 4 saturated carbocycles. The van der Waals surface area contributed by atoms with Crippen LogP contribution in [0.25, 0.3) is 11.4 Å². The van der Waals surface area contributed by atoms with E-state index in [-0.39, 0.29) is 0 Å². The Morgan fingerprint density at radius 1 is 0.955 bits per heavy atom. The number of aromatic amines is 1. The summed E-state index contributed by atoms with van der Waals surface area (Å²) in [6.07, 6.45) is 8.42. The van der Waals surface area contributed by atoms with E-state index in [1.54, 1.807) is 0 Å². The third-order valence-corrected chi connectivity index (χ3v) is 6.43. The van der Waals surface area contributed by atoms with Crippen LogP contribution in [0.5, 0.6) is 0 Å². The van der Waals surface area contributed by atoms with E-state index in [1.165, 1.54) is 55.5 Å². The third kappa shape index (κ3) is 1.81. The second-order valence-electron chi connectivity index (χ2n) is 8.04. The summed E-state index contributed by atoms with van der Waals surface area (Å²) in [6.45, 7) is 2.14. The highest BCUT2D eigenvalue weighted by molar-refractivity contribution is 5.59. The van der Waals surface area contributed by atoms with Crippen LogP contribution in [0.4, 0.5) is 0 Å². The lowest BCUT2D eigenvalue weighted by Crippen LogP contribution is -2.49. The average Bonchev–Trinajstić information content (AvgIpc) is 2.97. The maximum atomic E-state index is 4.62. The first-order valence-electron chi connectivity index (χ1n) is 8.71. The van der Waals surface area contributed by atoms with Crippen LogP contribution in [0.2, 0.25) is 0 Å². The van der Waals surface area contributed by atoms with Crippen molar-refractivity contribution in [3.63, 3.8) is 0 Å². The van der Waals surface area contributed by atoms with Gasteiger partial charge < -0.3 is 4.98 Å². The van der Waals surface area contributed by atoms with Crippen LogP contribution in [-0.4, -0.2) is 15.2 Å². The van der Waals surface area contributed by atoms with Crippen LogP contribution in [0.15, 0.2) is 24.3 Å². The molecule has 1 aromatic heterocycles. The van der Waals surface area contributed by atoms with Gasteiger partial charge in [0.2, 0.25) is 0 Å². The number of hydrogen-bond donors (Lipinski definition) is 1. The molecule has 0 spiro atoms. The molecule has 4 fully saturated rings. The molecule has 0 unspecified atom stereocenters. The summed E-state index contributed by atoms with van der Waals surface area (Å²) in [5.41, 5.74) is 2.75. The minimum Gasteiger partial charge on any atom is -0.324 e. The molecule has 1 N–H and O–H groups in total. The van der Waals surface area contributed by atoms with Crippen molar-refractivity contribution >= 4 is 0 Å². The first kappa shape index (κ1) is 12.9. The maximum absolute atomic E-state index is 4.62. The van der Waals surface area contributed by atoms with Crippen LogP contribution >= 0.6 is 0 Å². The Balaban J connectivity index is 1.53. The molecule has 1 aromatic carbocycles. The lowest BCUT2D eigenvalue weighted by molar-refractivity contribution is -0.00920. The van der Waals surface area contributed by atoms with E-state index in [0.29, 0.717) is 5.41 Å². The van der Waals surface area contributed by atoms with Gasteiger partial charge in [-0.15, -0.1) is 10.2 Å². The summed E-state index contributed by atoms with van der Waals surface area (Å²) in [4.78, 5) is 3.61. The molecule has 3 nitrogen and oxygen atoms in total. The van der Waals surface area contributed by atoms with Crippen molar-refractivity contribution in [3.05, 3.63) is 35.7 Å². The fraction of sp³-hybridized carbons (Fsp3) is 0.579. The second-order valence-corrected chi connectivity index (χ2v) is 8.04. The van der Waals surface area contributed by atoms with Gasteiger partial charge in [-0.05, 0) is 68.8 Å². The van der Waals surface area contributed by atoms with Crippen molar-refractivity contribution < 1.29 is 0 Å². The lowest BCUT2D eigenvalue weighted by atomic mass is 9.49. The van der Waals surface area contributed by atoms with Crippen molar-refractivity contribution in [3.8, 4) is 11.4 Å². The van der Waals surface area contributed by atoms with Crippen LogP contribution < -0.4 is 0 Å². The third-order valence-electron chi connectivity index (χ3n) is 6.43. The largest absolute Gasteiger partial charge is 0.324 e. The number of H-pyrrole nitrogens is 1. The van der Waals surface area contributed by atoms with Crippen molar-refractivity contribution in [2.75, 3.05) is 0 Å². The van der Waals surface area contributed by atoms with Gasteiger partial charge in [0.25, 0.3) is 0 Å². The zero-order valence-electron chi connectivity index (χ0n) is 13.2. The fourth-order valence-corrected chi connectivity index (χ4v) is 5.86. The van der Waals surface area contributed by atoms with Gasteiger partial charge >= 0.3 is 0 Å². The highest BCUT2D eigenvalue weighted by Crippen LogP contribution is 2.60. The normalized spacial score (nSPS) is 36.0. The maximum Gasteiger partial charge on any atom is 0.161 e. The molecule has 0 amide bonds. The molecule has 114 valence electrons. The van der Waals surface area contributed by atoms with E-state index in [1.807, 2.05) is 0 Å². The van der Waals surface area contributed by atoms with Gasteiger partial charge in [0.15, 0.2) is 5.82 Å². The molecule has 0 aliphatic heterocycles. The SMILES string of the molecule is Cc1ccccc1-c1nnc(C23CC4CC(CC(C4)C2)C3)[nH]1. The second kappa shape index (κ2) is 4.43. The minimum atomic E-state index is 0.308.